The summed E-state index contributed by atoms with van der Waals surface area (Å²) in [6.07, 6.45) is 0.714. The SMILES string of the molecule is Cc1cc(COc2ccc(S(=O)(=O)CC3(C(=O)NO)CCN(C)CC3)cc2)c2ccccc2n1. The van der Waals surface area contributed by atoms with Gasteiger partial charge in [-0.2, -0.15) is 0 Å². The second-order valence-electron chi connectivity index (χ2n) is 8.98. The highest BCUT2D eigenvalue weighted by Gasteiger charge is 2.44. The average molecular weight is 484 g/mol. The molecule has 1 aromatic heterocycles. The fourth-order valence-corrected chi connectivity index (χ4v) is 6.33. The van der Waals surface area contributed by atoms with Crippen LogP contribution >= 0.6 is 0 Å². The second kappa shape index (κ2) is 9.69. The number of aryl methyl sites for hydroxylation is 1. The summed E-state index contributed by atoms with van der Waals surface area (Å²) >= 11 is 0. The summed E-state index contributed by atoms with van der Waals surface area (Å²) < 4.78 is 32.3. The molecule has 0 saturated carbocycles. The van der Waals surface area contributed by atoms with Crippen LogP contribution in [0.4, 0.5) is 0 Å². The maximum atomic E-state index is 13.2. The molecule has 180 valence electrons. The molecule has 2 N–H and O–H groups in total. The van der Waals surface area contributed by atoms with E-state index in [0.29, 0.717) is 38.3 Å². The molecule has 2 heterocycles. The number of para-hydroxylation sites is 1. The maximum Gasteiger partial charge on any atom is 0.250 e. The number of sulfone groups is 1. The molecule has 0 radical (unpaired) electrons. The third-order valence-electron chi connectivity index (χ3n) is 6.50. The Morgan fingerprint density at radius 3 is 2.50 bits per heavy atom. The summed E-state index contributed by atoms with van der Waals surface area (Å²) in [4.78, 5) is 19.1. The molecule has 0 spiro atoms. The van der Waals surface area contributed by atoms with Crippen LogP contribution in [-0.4, -0.2) is 55.3 Å². The number of likely N-dealkylation sites (tertiary alicyclic amines) is 1. The highest BCUT2D eigenvalue weighted by atomic mass is 32.2. The van der Waals surface area contributed by atoms with Crippen LogP contribution in [0, 0.1) is 12.3 Å². The van der Waals surface area contributed by atoms with Gasteiger partial charge in [0.1, 0.15) is 12.4 Å². The second-order valence-corrected chi connectivity index (χ2v) is 11.0. The molecule has 1 fully saturated rings. The van der Waals surface area contributed by atoms with Crippen molar-refractivity contribution in [3.63, 3.8) is 0 Å². The molecule has 0 unspecified atom stereocenters. The van der Waals surface area contributed by atoms with E-state index >= 15 is 0 Å². The van der Waals surface area contributed by atoms with Crippen LogP contribution in [0.1, 0.15) is 24.1 Å². The van der Waals surface area contributed by atoms with Crippen LogP contribution < -0.4 is 10.2 Å². The van der Waals surface area contributed by atoms with E-state index in [2.05, 4.69) is 4.98 Å². The Balaban J connectivity index is 1.49. The molecule has 1 saturated heterocycles. The van der Waals surface area contributed by atoms with Gasteiger partial charge in [-0.3, -0.25) is 15.0 Å². The number of nitrogens with one attached hydrogen (secondary N) is 1. The Morgan fingerprint density at radius 1 is 1.15 bits per heavy atom. The van der Waals surface area contributed by atoms with Crippen molar-refractivity contribution in [3.8, 4) is 5.75 Å². The molecule has 1 aliphatic heterocycles. The summed E-state index contributed by atoms with van der Waals surface area (Å²) in [5, 5.41) is 10.2. The Bertz CT molecular complexity index is 1280. The predicted octanol–water partition coefficient (Wildman–Crippen LogP) is 3.11. The Labute approximate surface area is 199 Å². The third kappa shape index (κ3) is 5.06. The van der Waals surface area contributed by atoms with Crippen LogP contribution in [0.5, 0.6) is 5.75 Å². The van der Waals surface area contributed by atoms with E-state index in [1.165, 1.54) is 12.1 Å². The van der Waals surface area contributed by atoms with Crippen LogP contribution in [0.25, 0.3) is 10.9 Å². The molecule has 0 bridgehead atoms. The topological polar surface area (TPSA) is 109 Å². The molecule has 0 aliphatic carbocycles. The van der Waals surface area contributed by atoms with E-state index in [4.69, 9.17) is 4.74 Å². The van der Waals surface area contributed by atoms with Crippen LogP contribution in [-0.2, 0) is 21.2 Å². The van der Waals surface area contributed by atoms with Gasteiger partial charge in [-0.25, -0.2) is 13.9 Å². The van der Waals surface area contributed by atoms with Crippen molar-refractivity contribution >= 4 is 26.6 Å². The number of amides is 1. The van der Waals surface area contributed by atoms with Gasteiger partial charge in [0, 0.05) is 16.6 Å². The number of carbonyl (C=O) groups excluding carboxylic acids is 1. The van der Waals surface area contributed by atoms with E-state index < -0.39 is 21.2 Å². The maximum absolute atomic E-state index is 13.2. The first kappa shape index (κ1) is 24.1. The number of pyridine rings is 1. The minimum atomic E-state index is -3.76. The summed E-state index contributed by atoms with van der Waals surface area (Å²) in [5.74, 6) is -0.466. The fourth-order valence-electron chi connectivity index (χ4n) is 4.47. The average Bonchev–Trinajstić information content (AvgIpc) is 2.83. The van der Waals surface area contributed by atoms with Gasteiger partial charge in [-0.05, 0) is 76.3 Å². The van der Waals surface area contributed by atoms with Crippen molar-refractivity contribution in [1.29, 1.82) is 0 Å². The Kier molecular flexibility index (Phi) is 6.88. The largest absolute Gasteiger partial charge is 0.489 e. The van der Waals surface area contributed by atoms with Crippen molar-refractivity contribution in [3.05, 3.63) is 65.9 Å². The number of hydroxylamine groups is 1. The minimum absolute atomic E-state index is 0.120. The van der Waals surface area contributed by atoms with E-state index in [1.807, 2.05) is 49.2 Å². The van der Waals surface area contributed by atoms with Gasteiger partial charge < -0.3 is 9.64 Å². The number of hydrogen-bond acceptors (Lipinski definition) is 7. The highest BCUT2D eigenvalue weighted by molar-refractivity contribution is 7.91. The zero-order valence-electron chi connectivity index (χ0n) is 19.3. The molecule has 4 rings (SSSR count). The number of benzene rings is 2. The molecular weight excluding hydrogens is 454 g/mol. The quantitative estimate of drug-likeness (QED) is 0.393. The normalized spacial score (nSPS) is 16.3. The minimum Gasteiger partial charge on any atom is -0.489 e. The Hall–Kier alpha value is -3.01. The zero-order chi connectivity index (χ0) is 24.3. The zero-order valence-corrected chi connectivity index (χ0v) is 20.1. The smallest absolute Gasteiger partial charge is 0.250 e. The first-order valence-electron chi connectivity index (χ1n) is 11.2. The number of hydrogen-bond donors (Lipinski definition) is 2. The van der Waals surface area contributed by atoms with E-state index in [9.17, 15) is 18.4 Å². The van der Waals surface area contributed by atoms with Crippen molar-refractivity contribution in [2.24, 2.45) is 5.41 Å². The fraction of sp³-hybridized carbons (Fsp3) is 0.360. The lowest BCUT2D eigenvalue weighted by molar-refractivity contribution is -0.141. The first-order valence-corrected chi connectivity index (χ1v) is 12.8. The molecule has 3 aromatic rings. The van der Waals surface area contributed by atoms with Gasteiger partial charge >= 0.3 is 0 Å². The number of fused-ring (bicyclic) bond motifs is 1. The number of rotatable bonds is 7. The molecule has 34 heavy (non-hydrogen) atoms. The lowest BCUT2D eigenvalue weighted by Gasteiger charge is -2.38. The number of ether oxygens (including phenoxy) is 1. The molecule has 2 aromatic carbocycles. The summed E-state index contributed by atoms with van der Waals surface area (Å²) in [6.45, 7) is 3.42. The lowest BCUT2D eigenvalue weighted by Crippen LogP contribution is -2.50. The van der Waals surface area contributed by atoms with Crippen molar-refractivity contribution in [1.82, 2.24) is 15.4 Å². The van der Waals surface area contributed by atoms with Gasteiger partial charge in [-0.1, -0.05) is 18.2 Å². The summed E-state index contributed by atoms with van der Waals surface area (Å²) in [5.41, 5.74) is 3.31. The van der Waals surface area contributed by atoms with Gasteiger partial charge in [0.15, 0.2) is 9.84 Å². The van der Waals surface area contributed by atoms with Crippen molar-refractivity contribution in [2.45, 2.75) is 31.3 Å². The highest BCUT2D eigenvalue weighted by Crippen LogP contribution is 2.35. The van der Waals surface area contributed by atoms with Crippen LogP contribution in [0.3, 0.4) is 0 Å². The number of piperidine rings is 1. The van der Waals surface area contributed by atoms with E-state index in [-0.39, 0.29) is 10.6 Å². The van der Waals surface area contributed by atoms with Crippen molar-refractivity contribution < 1.29 is 23.2 Å². The molecular formula is C25H29N3O5S. The molecule has 8 nitrogen and oxygen atoms in total. The third-order valence-corrected chi connectivity index (χ3v) is 8.42. The number of nitrogens with zero attached hydrogens (tertiary/aromatic N) is 2. The molecule has 1 aliphatic rings. The van der Waals surface area contributed by atoms with Gasteiger partial charge in [0.25, 0.3) is 5.91 Å². The molecule has 1 amide bonds. The van der Waals surface area contributed by atoms with Gasteiger partial charge in [0.2, 0.25) is 0 Å². The summed E-state index contributed by atoms with van der Waals surface area (Å²) in [7, 11) is -1.84. The van der Waals surface area contributed by atoms with Crippen LogP contribution in [0.2, 0.25) is 0 Å². The predicted molar refractivity (Wildman–Crippen MR) is 128 cm³/mol. The van der Waals surface area contributed by atoms with Crippen LogP contribution in [0.15, 0.2) is 59.5 Å². The van der Waals surface area contributed by atoms with Gasteiger partial charge in [0.05, 0.1) is 21.6 Å². The molecule has 0 atom stereocenters. The lowest BCUT2D eigenvalue weighted by atomic mass is 9.79. The number of aromatic nitrogens is 1. The van der Waals surface area contributed by atoms with Crippen molar-refractivity contribution in [2.75, 3.05) is 25.9 Å². The first-order chi connectivity index (χ1) is 16.2. The number of carbonyl (C=O) groups is 1. The Morgan fingerprint density at radius 2 is 1.82 bits per heavy atom. The molecule has 9 heteroatoms. The summed E-state index contributed by atoms with van der Waals surface area (Å²) in [6, 6.07) is 16.1. The van der Waals surface area contributed by atoms with E-state index in [0.717, 1.165) is 22.2 Å². The van der Waals surface area contributed by atoms with Gasteiger partial charge in [-0.15, -0.1) is 0 Å². The monoisotopic (exact) mass is 483 g/mol. The standard InChI is InChI=1S/C25H29N3O5S/c1-18-15-19(22-5-3-4-6-23(22)26-18)16-33-20-7-9-21(10-8-20)34(31,32)17-25(24(29)27-30)11-13-28(2)14-12-25/h3-10,15,30H,11-14,16-17H2,1-2H3,(H,27,29). The van der Waals surface area contributed by atoms with E-state index in [1.54, 1.807) is 17.6 Å².